The van der Waals surface area contributed by atoms with Crippen LogP contribution in [0.25, 0.3) is 0 Å². The van der Waals surface area contributed by atoms with Crippen molar-refractivity contribution in [3.63, 3.8) is 0 Å². The van der Waals surface area contributed by atoms with Gasteiger partial charge in [0.05, 0.1) is 19.2 Å². The first-order chi connectivity index (χ1) is 8.51. The van der Waals surface area contributed by atoms with Crippen molar-refractivity contribution in [3.8, 4) is 0 Å². The summed E-state index contributed by atoms with van der Waals surface area (Å²) in [6, 6.07) is -0.292. The van der Waals surface area contributed by atoms with Gasteiger partial charge in [-0.05, 0) is 34.2 Å². The number of ether oxygens (including phenoxy) is 1. The normalized spacial score (nSPS) is 12.3. The molecular weight excluding hydrogens is 232 g/mol. The predicted molar refractivity (Wildman–Crippen MR) is 71.3 cm³/mol. The Labute approximate surface area is 110 Å². The fraction of sp³-hybridized carbons (Fsp3) is 0.846. The molecular formula is C13H26N2O3. The largest absolute Gasteiger partial charge is 0.465 e. The van der Waals surface area contributed by atoms with Gasteiger partial charge in [-0.15, -0.1) is 0 Å². The highest BCUT2D eigenvalue weighted by Gasteiger charge is 2.25. The highest BCUT2D eigenvalue weighted by molar-refractivity contribution is 5.82. The molecule has 0 N–H and O–H groups in total. The summed E-state index contributed by atoms with van der Waals surface area (Å²) in [6.07, 6.45) is 0. The summed E-state index contributed by atoms with van der Waals surface area (Å²) in [5.74, 6) is -0.218. The lowest BCUT2D eigenvalue weighted by atomic mass is 10.2. The summed E-state index contributed by atoms with van der Waals surface area (Å²) < 4.78 is 4.91. The van der Waals surface area contributed by atoms with E-state index in [1.165, 1.54) is 0 Å². The summed E-state index contributed by atoms with van der Waals surface area (Å²) in [5, 5.41) is 0. The van der Waals surface area contributed by atoms with Gasteiger partial charge < -0.3 is 9.64 Å². The predicted octanol–water partition coefficient (Wildman–Crippen LogP) is 1.13. The molecule has 1 amide bonds. The highest BCUT2D eigenvalue weighted by atomic mass is 16.5. The van der Waals surface area contributed by atoms with Crippen molar-refractivity contribution < 1.29 is 14.3 Å². The van der Waals surface area contributed by atoms with E-state index in [1.807, 2.05) is 32.6 Å². The van der Waals surface area contributed by atoms with Gasteiger partial charge in [0.1, 0.15) is 0 Å². The lowest BCUT2D eigenvalue weighted by molar-refractivity contribution is -0.146. The average Bonchev–Trinajstić information content (AvgIpc) is 2.36. The van der Waals surface area contributed by atoms with Crippen LogP contribution in [-0.2, 0) is 14.3 Å². The van der Waals surface area contributed by atoms with Crippen LogP contribution in [0.15, 0.2) is 0 Å². The van der Waals surface area contributed by atoms with Gasteiger partial charge in [-0.3, -0.25) is 14.5 Å². The summed E-state index contributed by atoms with van der Waals surface area (Å²) in [5.41, 5.74) is 0. The molecule has 0 aromatic carbocycles. The number of hydrogen-bond donors (Lipinski definition) is 0. The summed E-state index contributed by atoms with van der Waals surface area (Å²) in [4.78, 5) is 27.2. The molecule has 5 heteroatoms. The second kappa shape index (κ2) is 8.91. The molecule has 0 rings (SSSR count). The lowest BCUT2D eigenvalue weighted by Crippen LogP contribution is -2.48. The minimum atomic E-state index is -0.292. The molecule has 1 atom stereocenters. The second-order valence-corrected chi connectivity index (χ2v) is 4.05. The maximum Gasteiger partial charge on any atom is 0.320 e. The van der Waals surface area contributed by atoms with Crippen molar-refractivity contribution in [3.05, 3.63) is 0 Å². The number of rotatable bonds is 8. The van der Waals surface area contributed by atoms with Crippen LogP contribution in [0.3, 0.4) is 0 Å². The van der Waals surface area contributed by atoms with Crippen LogP contribution < -0.4 is 0 Å². The van der Waals surface area contributed by atoms with Crippen molar-refractivity contribution in [2.75, 3.05) is 32.8 Å². The molecule has 0 spiro atoms. The van der Waals surface area contributed by atoms with E-state index in [-0.39, 0.29) is 24.5 Å². The molecule has 0 saturated carbocycles. The first-order valence-electron chi connectivity index (χ1n) is 6.70. The fourth-order valence-electron chi connectivity index (χ4n) is 1.85. The number of amides is 1. The van der Waals surface area contributed by atoms with Gasteiger partial charge in [0.15, 0.2) is 0 Å². The van der Waals surface area contributed by atoms with Crippen LogP contribution in [0.2, 0.25) is 0 Å². The molecule has 18 heavy (non-hydrogen) atoms. The van der Waals surface area contributed by atoms with Crippen molar-refractivity contribution in [1.82, 2.24) is 9.80 Å². The Morgan fingerprint density at radius 2 is 1.61 bits per heavy atom. The zero-order valence-corrected chi connectivity index (χ0v) is 12.2. The van der Waals surface area contributed by atoms with Crippen LogP contribution in [0.5, 0.6) is 0 Å². The van der Waals surface area contributed by atoms with Crippen LogP contribution >= 0.6 is 0 Å². The Bertz CT molecular complexity index is 265. The third-order valence-electron chi connectivity index (χ3n) is 3.02. The standard InChI is InChI=1S/C13H26N2O3/c1-6-14(7-2)13(17)11(5)15(8-3)10-12(16)18-9-4/h11H,6-10H2,1-5H3. The Balaban J connectivity index is 4.54. The summed E-state index contributed by atoms with van der Waals surface area (Å²) in [6.45, 7) is 12.0. The van der Waals surface area contributed by atoms with Crippen molar-refractivity contribution in [2.24, 2.45) is 0 Å². The van der Waals surface area contributed by atoms with Gasteiger partial charge in [-0.2, -0.15) is 0 Å². The molecule has 0 bridgehead atoms. The van der Waals surface area contributed by atoms with Crippen LogP contribution in [0.4, 0.5) is 0 Å². The molecule has 106 valence electrons. The third kappa shape index (κ3) is 5.04. The van der Waals surface area contributed by atoms with Crippen molar-refractivity contribution >= 4 is 11.9 Å². The number of hydrogen-bond acceptors (Lipinski definition) is 4. The first kappa shape index (κ1) is 16.9. The van der Waals surface area contributed by atoms with E-state index in [0.717, 1.165) is 0 Å². The van der Waals surface area contributed by atoms with Gasteiger partial charge in [-0.1, -0.05) is 6.92 Å². The molecule has 0 aromatic rings. The molecule has 0 aliphatic carbocycles. The molecule has 0 fully saturated rings. The second-order valence-electron chi connectivity index (χ2n) is 4.05. The Hall–Kier alpha value is -1.10. The summed E-state index contributed by atoms with van der Waals surface area (Å²) in [7, 11) is 0. The zero-order chi connectivity index (χ0) is 14.1. The molecule has 0 saturated heterocycles. The van der Waals surface area contributed by atoms with Crippen molar-refractivity contribution in [1.29, 1.82) is 0 Å². The monoisotopic (exact) mass is 258 g/mol. The number of esters is 1. The molecule has 0 radical (unpaired) electrons. The molecule has 0 aliphatic heterocycles. The van der Waals surface area contributed by atoms with E-state index in [9.17, 15) is 9.59 Å². The quantitative estimate of drug-likeness (QED) is 0.612. The van der Waals surface area contributed by atoms with Crippen LogP contribution in [0, 0.1) is 0 Å². The number of carbonyl (C=O) groups is 2. The molecule has 5 nitrogen and oxygen atoms in total. The number of nitrogens with zero attached hydrogens (tertiary/aromatic N) is 2. The molecule has 0 aromatic heterocycles. The minimum absolute atomic E-state index is 0.0612. The number of likely N-dealkylation sites (N-methyl/N-ethyl adjacent to an activating group) is 2. The topological polar surface area (TPSA) is 49.9 Å². The highest BCUT2D eigenvalue weighted by Crippen LogP contribution is 2.04. The lowest BCUT2D eigenvalue weighted by Gasteiger charge is -2.30. The van der Waals surface area contributed by atoms with E-state index in [2.05, 4.69) is 0 Å². The van der Waals surface area contributed by atoms with Crippen LogP contribution in [-0.4, -0.2) is 60.5 Å². The van der Waals surface area contributed by atoms with Gasteiger partial charge >= 0.3 is 5.97 Å². The van der Waals surface area contributed by atoms with Crippen molar-refractivity contribution in [2.45, 2.75) is 40.7 Å². The van der Waals surface area contributed by atoms with Gasteiger partial charge in [0.2, 0.25) is 5.91 Å². The first-order valence-corrected chi connectivity index (χ1v) is 6.70. The molecule has 1 unspecified atom stereocenters. The molecule has 0 heterocycles. The minimum Gasteiger partial charge on any atom is -0.465 e. The Morgan fingerprint density at radius 1 is 1.06 bits per heavy atom. The van der Waals surface area contributed by atoms with E-state index < -0.39 is 0 Å². The van der Waals surface area contributed by atoms with E-state index in [0.29, 0.717) is 26.2 Å². The zero-order valence-electron chi connectivity index (χ0n) is 12.2. The fourth-order valence-corrected chi connectivity index (χ4v) is 1.85. The third-order valence-corrected chi connectivity index (χ3v) is 3.02. The van der Waals surface area contributed by atoms with E-state index in [1.54, 1.807) is 11.8 Å². The van der Waals surface area contributed by atoms with Gasteiger partial charge in [0.25, 0.3) is 0 Å². The van der Waals surface area contributed by atoms with Gasteiger partial charge in [-0.25, -0.2) is 0 Å². The maximum absolute atomic E-state index is 12.2. The Morgan fingerprint density at radius 3 is 2.00 bits per heavy atom. The average molecular weight is 258 g/mol. The number of carbonyl (C=O) groups excluding carboxylic acids is 2. The van der Waals surface area contributed by atoms with E-state index in [4.69, 9.17) is 4.74 Å². The summed E-state index contributed by atoms with van der Waals surface area (Å²) >= 11 is 0. The smallest absolute Gasteiger partial charge is 0.320 e. The van der Waals surface area contributed by atoms with Gasteiger partial charge in [0, 0.05) is 13.1 Å². The molecule has 0 aliphatic rings. The SMILES string of the molecule is CCOC(=O)CN(CC)C(C)C(=O)N(CC)CC. The Kier molecular flexibility index (Phi) is 8.37. The maximum atomic E-state index is 12.2. The van der Waals surface area contributed by atoms with E-state index >= 15 is 0 Å². The van der Waals surface area contributed by atoms with Crippen LogP contribution in [0.1, 0.15) is 34.6 Å².